The predicted molar refractivity (Wildman–Crippen MR) is 132 cm³/mol. The molecule has 1 aromatic heterocycles. The number of hydrogen-bond donors (Lipinski definition) is 0. The summed E-state index contributed by atoms with van der Waals surface area (Å²) < 4.78 is 6.12. The third-order valence-corrected chi connectivity index (χ3v) is 8.16. The van der Waals surface area contributed by atoms with Crippen molar-refractivity contribution in [3.8, 4) is 0 Å². The second-order valence-corrected chi connectivity index (χ2v) is 11.4. The molecule has 2 aliphatic carbocycles. The molecule has 32 heavy (non-hydrogen) atoms. The number of furan rings is 1. The van der Waals surface area contributed by atoms with Gasteiger partial charge < -0.3 is 9.32 Å². The molecule has 0 saturated heterocycles. The summed E-state index contributed by atoms with van der Waals surface area (Å²) in [5.41, 5.74) is 6.02. The van der Waals surface area contributed by atoms with E-state index in [0.29, 0.717) is 11.8 Å². The molecular weight excluding hydrogens is 394 g/mol. The fourth-order valence-electron chi connectivity index (χ4n) is 5.83. The van der Waals surface area contributed by atoms with Gasteiger partial charge in [-0.1, -0.05) is 59.1 Å². The second kappa shape index (κ2) is 8.72. The summed E-state index contributed by atoms with van der Waals surface area (Å²) in [6, 6.07) is 9.06. The average molecular weight is 436 g/mol. The lowest BCUT2D eigenvalue weighted by Gasteiger charge is -2.42. The minimum Gasteiger partial charge on any atom is -0.456 e. The van der Waals surface area contributed by atoms with Crippen LogP contribution in [-0.2, 0) is 17.3 Å². The molecule has 1 amide bonds. The minimum atomic E-state index is 0.0516. The molecule has 1 saturated carbocycles. The number of aryl methyl sites for hydroxylation is 1. The molecule has 0 unspecified atom stereocenters. The van der Waals surface area contributed by atoms with Crippen LogP contribution in [0.4, 0.5) is 0 Å². The van der Waals surface area contributed by atoms with E-state index in [1.807, 2.05) is 17.0 Å². The van der Waals surface area contributed by atoms with Gasteiger partial charge in [-0.2, -0.15) is 0 Å². The van der Waals surface area contributed by atoms with Crippen LogP contribution in [0.25, 0.3) is 0 Å². The Kier molecular flexibility index (Phi) is 6.31. The number of benzene rings is 1. The molecule has 174 valence electrons. The lowest BCUT2D eigenvalue weighted by molar-refractivity contribution is 0.0614. The van der Waals surface area contributed by atoms with Gasteiger partial charge in [0.25, 0.3) is 5.91 Å². The van der Waals surface area contributed by atoms with E-state index in [2.05, 4.69) is 53.7 Å². The minimum absolute atomic E-state index is 0.0516. The van der Waals surface area contributed by atoms with Crippen LogP contribution in [0.15, 0.2) is 28.7 Å². The number of carbonyl (C=O) groups is 1. The van der Waals surface area contributed by atoms with Crippen molar-refractivity contribution in [1.29, 1.82) is 0 Å². The van der Waals surface area contributed by atoms with Crippen LogP contribution in [0.3, 0.4) is 0 Å². The van der Waals surface area contributed by atoms with Crippen molar-refractivity contribution < 1.29 is 9.21 Å². The second-order valence-electron chi connectivity index (χ2n) is 11.4. The first kappa shape index (κ1) is 23.1. The van der Waals surface area contributed by atoms with E-state index >= 15 is 0 Å². The molecule has 1 aromatic carbocycles. The summed E-state index contributed by atoms with van der Waals surface area (Å²) in [5.74, 6) is 1.42. The highest BCUT2D eigenvalue weighted by molar-refractivity contribution is 5.91. The van der Waals surface area contributed by atoms with E-state index in [0.717, 1.165) is 31.6 Å². The molecule has 4 rings (SSSR count). The summed E-state index contributed by atoms with van der Waals surface area (Å²) >= 11 is 0. The number of rotatable bonds is 5. The molecule has 3 heteroatoms. The largest absolute Gasteiger partial charge is 0.456 e. The Morgan fingerprint density at radius 2 is 1.62 bits per heavy atom. The predicted octanol–water partition coefficient (Wildman–Crippen LogP) is 7.32. The molecular formula is C29H41NO2. The standard InChI is InChI=1S/C29H41NO2/c1-7-30(22-11-9-8-10-12-22)27(31)26-14-13-23(32-26)18-21-19-25-24(17-20(21)2)28(3,4)15-16-29(25,5)6/h13-14,17,19,22H,7-12,15-16,18H2,1-6H3. The van der Waals surface area contributed by atoms with Crippen LogP contribution >= 0.6 is 0 Å². The van der Waals surface area contributed by atoms with Crippen molar-refractivity contribution >= 4 is 5.91 Å². The fraction of sp³-hybridized carbons (Fsp3) is 0.621. The Hall–Kier alpha value is -2.03. The molecule has 0 bridgehead atoms. The first-order valence-electron chi connectivity index (χ1n) is 12.7. The van der Waals surface area contributed by atoms with E-state index in [4.69, 9.17) is 4.42 Å². The lowest BCUT2D eigenvalue weighted by atomic mass is 9.62. The number of fused-ring (bicyclic) bond motifs is 1. The van der Waals surface area contributed by atoms with Gasteiger partial charge in [0.05, 0.1) is 0 Å². The highest BCUT2D eigenvalue weighted by atomic mass is 16.4. The molecule has 2 aliphatic rings. The summed E-state index contributed by atoms with van der Waals surface area (Å²) in [5, 5.41) is 0. The molecule has 0 spiro atoms. The van der Waals surface area contributed by atoms with Gasteiger partial charge in [-0.15, -0.1) is 0 Å². The summed E-state index contributed by atoms with van der Waals surface area (Å²) in [6.45, 7) is 14.5. The van der Waals surface area contributed by atoms with Gasteiger partial charge in [0.15, 0.2) is 5.76 Å². The molecule has 0 N–H and O–H groups in total. The quantitative estimate of drug-likeness (QED) is 0.493. The maximum absolute atomic E-state index is 13.2. The Bertz CT molecular complexity index is 975. The van der Waals surface area contributed by atoms with E-state index in [9.17, 15) is 4.79 Å². The third kappa shape index (κ3) is 4.40. The molecule has 0 atom stereocenters. The van der Waals surface area contributed by atoms with Gasteiger partial charge >= 0.3 is 0 Å². The van der Waals surface area contributed by atoms with E-state index in [1.54, 1.807) is 0 Å². The first-order chi connectivity index (χ1) is 15.1. The van der Waals surface area contributed by atoms with Crippen LogP contribution < -0.4 is 0 Å². The van der Waals surface area contributed by atoms with Crippen LogP contribution in [0.1, 0.15) is 118 Å². The van der Waals surface area contributed by atoms with Gasteiger partial charge in [-0.05, 0) is 84.7 Å². The molecule has 3 nitrogen and oxygen atoms in total. The number of carbonyl (C=O) groups excluding carboxylic acids is 1. The third-order valence-electron chi connectivity index (χ3n) is 8.16. The van der Waals surface area contributed by atoms with Crippen molar-refractivity contribution in [2.45, 2.75) is 110 Å². The topological polar surface area (TPSA) is 33.5 Å². The number of amides is 1. The van der Waals surface area contributed by atoms with Gasteiger partial charge in [0.2, 0.25) is 0 Å². The van der Waals surface area contributed by atoms with Crippen LogP contribution in [0.5, 0.6) is 0 Å². The van der Waals surface area contributed by atoms with Crippen molar-refractivity contribution in [3.05, 3.63) is 58.0 Å². The smallest absolute Gasteiger partial charge is 0.289 e. The molecule has 0 aliphatic heterocycles. The zero-order chi connectivity index (χ0) is 23.1. The Morgan fingerprint density at radius 3 is 2.25 bits per heavy atom. The molecule has 1 fully saturated rings. The van der Waals surface area contributed by atoms with E-state index in [1.165, 1.54) is 54.4 Å². The normalized spacial score (nSPS) is 20.1. The van der Waals surface area contributed by atoms with Crippen molar-refractivity contribution in [3.63, 3.8) is 0 Å². The van der Waals surface area contributed by atoms with Crippen molar-refractivity contribution in [2.24, 2.45) is 0 Å². The number of nitrogens with zero attached hydrogens (tertiary/aromatic N) is 1. The monoisotopic (exact) mass is 435 g/mol. The molecule has 0 radical (unpaired) electrons. The maximum Gasteiger partial charge on any atom is 0.289 e. The fourth-order valence-corrected chi connectivity index (χ4v) is 5.83. The van der Waals surface area contributed by atoms with Gasteiger partial charge in [-0.3, -0.25) is 4.79 Å². The van der Waals surface area contributed by atoms with Crippen LogP contribution in [0.2, 0.25) is 0 Å². The lowest BCUT2D eigenvalue weighted by Crippen LogP contribution is -2.41. The van der Waals surface area contributed by atoms with E-state index < -0.39 is 0 Å². The van der Waals surface area contributed by atoms with E-state index in [-0.39, 0.29) is 16.7 Å². The highest BCUT2D eigenvalue weighted by Gasteiger charge is 2.37. The maximum atomic E-state index is 13.2. The summed E-state index contributed by atoms with van der Waals surface area (Å²) in [7, 11) is 0. The zero-order valence-electron chi connectivity index (χ0n) is 21.0. The summed E-state index contributed by atoms with van der Waals surface area (Å²) in [4.78, 5) is 15.2. The Morgan fingerprint density at radius 1 is 1.00 bits per heavy atom. The van der Waals surface area contributed by atoms with Crippen LogP contribution in [0, 0.1) is 6.92 Å². The summed E-state index contributed by atoms with van der Waals surface area (Å²) in [6.07, 6.45) is 9.15. The van der Waals surface area contributed by atoms with Gasteiger partial charge in [0.1, 0.15) is 5.76 Å². The highest BCUT2D eigenvalue weighted by Crippen LogP contribution is 2.46. The van der Waals surface area contributed by atoms with Crippen LogP contribution in [-0.4, -0.2) is 23.4 Å². The van der Waals surface area contributed by atoms with Crippen molar-refractivity contribution in [1.82, 2.24) is 4.90 Å². The molecule has 1 heterocycles. The Labute approximate surface area is 194 Å². The van der Waals surface area contributed by atoms with Gasteiger partial charge in [0, 0.05) is 19.0 Å². The Balaban J connectivity index is 1.57. The number of hydrogen-bond acceptors (Lipinski definition) is 2. The van der Waals surface area contributed by atoms with Gasteiger partial charge in [-0.25, -0.2) is 0 Å². The molecule has 2 aromatic rings. The SMILES string of the molecule is CCN(C(=O)c1ccc(Cc2cc3c(cc2C)C(C)(C)CCC3(C)C)o1)C1CCCCC1. The van der Waals surface area contributed by atoms with Crippen molar-refractivity contribution in [2.75, 3.05) is 6.54 Å². The average Bonchev–Trinajstić information content (AvgIpc) is 3.22. The first-order valence-corrected chi connectivity index (χ1v) is 12.7. The zero-order valence-corrected chi connectivity index (χ0v) is 21.0.